The molecule has 0 atom stereocenters. The Bertz CT molecular complexity index is 691. The van der Waals surface area contributed by atoms with Crippen molar-refractivity contribution in [1.82, 2.24) is 20.0 Å². The predicted octanol–water partition coefficient (Wildman–Crippen LogP) is 2.23. The standard InChI is InChI=1S/C17H23N5O2/c1-13(2)22-12-15(19-20-22)16(23)7-5-14-6-8-17(18-11-14)21(3)9-10-24-4/h5-8,11-13H,9-10H2,1-4H3. The number of carbonyl (C=O) groups is 1. The maximum Gasteiger partial charge on any atom is 0.207 e. The molecule has 0 radical (unpaired) electrons. The van der Waals surface area contributed by atoms with Crippen LogP contribution in [0.4, 0.5) is 5.82 Å². The number of anilines is 1. The van der Waals surface area contributed by atoms with Gasteiger partial charge in [0.25, 0.3) is 0 Å². The summed E-state index contributed by atoms with van der Waals surface area (Å²) in [6.07, 6.45) is 6.60. The zero-order valence-corrected chi connectivity index (χ0v) is 14.5. The van der Waals surface area contributed by atoms with Gasteiger partial charge in [0.2, 0.25) is 5.78 Å². The Balaban J connectivity index is 1.99. The molecule has 7 heteroatoms. The maximum atomic E-state index is 12.1. The van der Waals surface area contributed by atoms with Crippen molar-refractivity contribution in [1.29, 1.82) is 0 Å². The summed E-state index contributed by atoms with van der Waals surface area (Å²) >= 11 is 0. The van der Waals surface area contributed by atoms with Gasteiger partial charge in [0, 0.05) is 32.9 Å². The van der Waals surface area contributed by atoms with Gasteiger partial charge in [-0.15, -0.1) is 5.10 Å². The smallest absolute Gasteiger partial charge is 0.207 e. The second-order valence-corrected chi connectivity index (χ2v) is 5.74. The topological polar surface area (TPSA) is 73.1 Å². The van der Waals surface area contributed by atoms with Crippen molar-refractivity contribution in [2.24, 2.45) is 0 Å². The Morgan fingerprint density at radius 3 is 2.79 bits per heavy atom. The highest BCUT2D eigenvalue weighted by molar-refractivity contribution is 6.05. The molecule has 2 rings (SSSR count). The summed E-state index contributed by atoms with van der Waals surface area (Å²) in [6, 6.07) is 4.00. The lowest BCUT2D eigenvalue weighted by molar-refractivity contribution is 0.104. The van der Waals surface area contributed by atoms with Crippen LogP contribution in [0.15, 0.2) is 30.6 Å². The van der Waals surface area contributed by atoms with E-state index in [0.717, 1.165) is 17.9 Å². The summed E-state index contributed by atoms with van der Waals surface area (Å²) in [5, 5.41) is 7.82. The third kappa shape index (κ3) is 4.73. The van der Waals surface area contributed by atoms with Gasteiger partial charge in [-0.05, 0) is 43.7 Å². The number of hydrogen-bond donors (Lipinski definition) is 0. The van der Waals surface area contributed by atoms with Crippen molar-refractivity contribution in [3.05, 3.63) is 41.9 Å². The highest BCUT2D eigenvalue weighted by atomic mass is 16.5. The summed E-state index contributed by atoms with van der Waals surface area (Å²) in [5.41, 5.74) is 1.19. The predicted molar refractivity (Wildman–Crippen MR) is 93.2 cm³/mol. The largest absolute Gasteiger partial charge is 0.383 e. The van der Waals surface area contributed by atoms with E-state index < -0.39 is 0 Å². The van der Waals surface area contributed by atoms with Crippen LogP contribution in [0.1, 0.15) is 35.9 Å². The fourth-order valence-corrected chi connectivity index (χ4v) is 1.96. The molecular weight excluding hydrogens is 306 g/mol. The van der Waals surface area contributed by atoms with E-state index in [9.17, 15) is 4.79 Å². The number of hydrogen-bond acceptors (Lipinski definition) is 6. The molecule has 0 unspecified atom stereocenters. The minimum absolute atomic E-state index is 0.176. The number of ketones is 1. The minimum atomic E-state index is -0.178. The molecule has 2 heterocycles. The number of pyridine rings is 1. The van der Waals surface area contributed by atoms with Crippen LogP contribution >= 0.6 is 0 Å². The third-order valence-electron chi connectivity index (χ3n) is 3.51. The van der Waals surface area contributed by atoms with Crippen LogP contribution < -0.4 is 4.90 Å². The first-order valence-corrected chi connectivity index (χ1v) is 7.81. The van der Waals surface area contributed by atoms with Gasteiger partial charge in [-0.25, -0.2) is 9.67 Å². The molecule has 0 N–H and O–H groups in total. The van der Waals surface area contributed by atoms with E-state index in [4.69, 9.17) is 4.74 Å². The van der Waals surface area contributed by atoms with Gasteiger partial charge in [0.1, 0.15) is 5.82 Å². The number of methoxy groups -OCH3 is 1. The molecule has 0 aliphatic heterocycles. The minimum Gasteiger partial charge on any atom is -0.383 e. The molecule has 24 heavy (non-hydrogen) atoms. The van der Waals surface area contributed by atoms with Crippen LogP contribution in [0.2, 0.25) is 0 Å². The van der Waals surface area contributed by atoms with Crippen LogP contribution in [0.3, 0.4) is 0 Å². The van der Waals surface area contributed by atoms with Gasteiger partial charge in [-0.1, -0.05) is 5.21 Å². The molecule has 2 aromatic rings. The molecule has 0 saturated heterocycles. The lowest BCUT2D eigenvalue weighted by Gasteiger charge is -2.17. The van der Waals surface area contributed by atoms with Gasteiger partial charge in [-0.3, -0.25) is 4.79 Å². The lowest BCUT2D eigenvalue weighted by atomic mass is 10.2. The Hall–Kier alpha value is -2.54. The van der Waals surface area contributed by atoms with Gasteiger partial charge in [0.05, 0.1) is 12.8 Å². The number of carbonyl (C=O) groups excluding carboxylic acids is 1. The molecular formula is C17H23N5O2. The van der Waals surface area contributed by atoms with Crippen molar-refractivity contribution in [3.8, 4) is 0 Å². The first-order chi connectivity index (χ1) is 11.5. The summed E-state index contributed by atoms with van der Waals surface area (Å²) in [4.78, 5) is 18.5. The molecule has 0 aromatic carbocycles. The molecule has 0 bridgehead atoms. The van der Waals surface area contributed by atoms with Crippen molar-refractivity contribution in [2.45, 2.75) is 19.9 Å². The zero-order valence-electron chi connectivity index (χ0n) is 14.5. The van der Waals surface area contributed by atoms with E-state index in [1.54, 1.807) is 30.3 Å². The average molecular weight is 329 g/mol. The zero-order chi connectivity index (χ0) is 17.5. The molecule has 0 saturated carbocycles. The SMILES string of the molecule is COCCN(C)c1ccc(C=CC(=O)c2cn(C(C)C)nn2)cn1. The Morgan fingerprint density at radius 2 is 2.21 bits per heavy atom. The molecule has 0 amide bonds. The summed E-state index contributed by atoms with van der Waals surface area (Å²) < 4.78 is 6.71. The number of rotatable bonds is 8. The third-order valence-corrected chi connectivity index (χ3v) is 3.51. The maximum absolute atomic E-state index is 12.1. The first-order valence-electron chi connectivity index (χ1n) is 7.81. The van der Waals surface area contributed by atoms with Crippen LogP contribution in [0, 0.1) is 0 Å². The molecule has 0 aliphatic carbocycles. The molecule has 0 aliphatic rings. The number of ether oxygens (including phenoxy) is 1. The molecule has 0 fully saturated rings. The van der Waals surface area contributed by atoms with Crippen molar-refractivity contribution in [2.75, 3.05) is 32.2 Å². The molecule has 0 spiro atoms. The van der Waals surface area contributed by atoms with Crippen LogP contribution in [0.25, 0.3) is 6.08 Å². The van der Waals surface area contributed by atoms with Crippen molar-refractivity contribution < 1.29 is 9.53 Å². The fourth-order valence-electron chi connectivity index (χ4n) is 1.96. The lowest BCUT2D eigenvalue weighted by Crippen LogP contribution is -2.22. The van der Waals surface area contributed by atoms with E-state index in [-0.39, 0.29) is 11.8 Å². The number of nitrogens with zero attached hydrogens (tertiary/aromatic N) is 5. The number of aromatic nitrogens is 4. The monoisotopic (exact) mass is 329 g/mol. The van der Waals surface area contributed by atoms with E-state index in [1.807, 2.05) is 37.9 Å². The molecule has 7 nitrogen and oxygen atoms in total. The van der Waals surface area contributed by atoms with E-state index in [1.165, 1.54) is 6.08 Å². The highest BCUT2D eigenvalue weighted by Crippen LogP contribution is 2.11. The van der Waals surface area contributed by atoms with Gasteiger partial charge in [0.15, 0.2) is 5.69 Å². The van der Waals surface area contributed by atoms with Crippen LogP contribution in [-0.4, -0.2) is 53.1 Å². The van der Waals surface area contributed by atoms with Gasteiger partial charge < -0.3 is 9.64 Å². The number of likely N-dealkylation sites (N-methyl/N-ethyl adjacent to an activating group) is 1. The summed E-state index contributed by atoms with van der Waals surface area (Å²) in [5.74, 6) is 0.679. The van der Waals surface area contributed by atoms with E-state index in [0.29, 0.717) is 12.3 Å². The fraction of sp³-hybridized carbons (Fsp3) is 0.412. The number of allylic oxidation sites excluding steroid dienone is 1. The second-order valence-electron chi connectivity index (χ2n) is 5.74. The average Bonchev–Trinajstić information content (AvgIpc) is 3.08. The summed E-state index contributed by atoms with van der Waals surface area (Å²) in [6.45, 7) is 5.37. The summed E-state index contributed by atoms with van der Waals surface area (Å²) in [7, 11) is 3.63. The van der Waals surface area contributed by atoms with Crippen LogP contribution in [0.5, 0.6) is 0 Å². The Labute approximate surface area is 141 Å². The van der Waals surface area contributed by atoms with Gasteiger partial charge >= 0.3 is 0 Å². The van der Waals surface area contributed by atoms with Crippen LogP contribution in [-0.2, 0) is 4.74 Å². The second kappa shape index (κ2) is 8.35. The van der Waals surface area contributed by atoms with E-state index in [2.05, 4.69) is 15.3 Å². The molecule has 2 aromatic heterocycles. The normalized spacial score (nSPS) is 11.4. The van der Waals surface area contributed by atoms with Crippen molar-refractivity contribution >= 4 is 17.7 Å². The van der Waals surface area contributed by atoms with Gasteiger partial charge in [-0.2, -0.15) is 0 Å². The van der Waals surface area contributed by atoms with Crippen molar-refractivity contribution in [3.63, 3.8) is 0 Å². The quantitative estimate of drug-likeness (QED) is 0.546. The van der Waals surface area contributed by atoms with E-state index >= 15 is 0 Å². The Kier molecular flexibility index (Phi) is 6.20. The highest BCUT2D eigenvalue weighted by Gasteiger charge is 2.09. The Morgan fingerprint density at radius 1 is 1.42 bits per heavy atom. The first kappa shape index (κ1) is 17.8. The molecule has 128 valence electrons.